The summed E-state index contributed by atoms with van der Waals surface area (Å²) in [6.45, 7) is 4.70. The van der Waals surface area contributed by atoms with Gasteiger partial charge in [0.1, 0.15) is 5.84 Å². The molecule has 4 atom stereocenters. The average Bonchev–Trinajstić information content (AvgIpc) is 3.48. The molecule has 6 aromatic carbocycles. The monoisotopic (exact) mass is 651 g/mol. The highest BCUT2D eigenvalue weighted by Gasteiger charge is 2.51. The van der Waals surface area contributed by atoms with Crippen molar-refractivity contribution in [3.63, 3.8) is 0 Å². The minimum atomic E-state index is -0.254. The highest BCUT2D eigenvalue weighted by molar-refractivity contribution is 8.01. The Morgan fingerprint density at radius 3 is 2.00 bits per heavy atom. The molecule has 3 aliphatic heterocycles. The molecular weight excluding hydrogens is 615 g/mol. The van der Waals surface area contributed by atoms with Crippen LogP contribution in [0, 0.1) is 0 Å². The molecule has 1 N–H and O–H groups in total. The van der Waals surface area contributed by atoms with Crippen molar-refractivity contribution in [1.29, 1.82) is 0 Å². The van der Waals surface area contributed by atoms with Gasteiger partial charge in [0.05, 0.1) is 28.2 Å². The molecule has 0 saturated carbocycles. The Labute approximate surface area is 292 Å². The van der Waals surface area contributed by atoms with E-state index in [0.717, 1.165) is 34.8 Å². The molecule has 49 heavy (non-hydrogen) atoms. The van der Waals surface area contributed by atoms with E-state index in [9.17, 15) is 0 Å². The van der Waals surface area contributed by atoms with Crippen LogP contribution in [0.3, 0.4) is 0 Å². The van der Waals surface area contributed by atoms with Crippen LogP contribution in [0.25, 0.3) is 11.1 Å². The molecule has 0 fully saturated rings. The summed E-state index contributed by atoms with van der Waals surface area (Å²) in [6, 6.07) is 56.8. The van der Waals surface area contributed by atoms with E-state index in [0.29, 0.717) is 0 Å². The second kappa shape index (κ2) is 11.7. The number of hydrogen-bond acceptors (Lipinski definition) is 4. The Hall–Kier alpha value is -5.19. The maximum absolute atomic E-state index is 5.41. The third-order valence-corrected chi connectivity index (χ3v) is 12.2. The van der Waals surface area contributed by atoms with Crippen molar-refractivity contribution >= 4 is 29.0 Å². The van der Waals surface area contributed by atoms with Gasteiger partial charge >= 0.3 is 0 Å². The molecule has 0 bridgehead atoms. The quantitative estimate of drug-likeness (QED) is 0.201. The number of fused-ring (bicyclic) bond motifs is 5. The zero-order valence-corrected chi connectivity index (χ0v) is 28.5. The fourth-order valence-electron chi connectivity index (χ4n) is 8.02. The number of amidine groups is 1. The van der Waals surface area contributed by atoms with Gasteiger partial charge in [-0.1, -0.05) is 146 Å². The van der Waals surface area contributed by atoms with Crippen LogP contribution in [-0.2, 0) is 11.0 Å². The lowest BCUT2D eigenvalue weighted by atomic mass is 9.69. The van der Waals surface area contributed by atoms with Crippen molar-refractivity contribution in [2.45, 2.75) is 47.4 Å². The predicted molar refractivity (Wildman–Crippen MR) is 204 cm³/mol. The molecule has 3 unspecified atom stereocenters. The summed E-state index contributed by atoms with van der Waals surface area (Å²) in [4.78, 5) is 12.0. The van der Waals surface area contributed by atoms with Crippen molar-refractivity contribution in [3.8, 4) is 11.1 Å². The predicted octanol–water partition coefficient (Wildman–Crippen LogP) is 10.7. The number of benzene rings is 6. The molecule has 4 heteroatoms. The van der Waals surface area contributed by atoms with Gasteiger partial charge in [0.2, 0.25) is 0 Å². The molecular formula is C45H37N3S. The first-order valence-corrected chi connectivity index (χ1v) is 18.0. The Morgan fingerprint density at radius 1 is 0.612 bits per heavy atom. The standard InChI is InChI=1S/C45H37N3S/c1-44(35-18-10-5-11-19-35)29-39(31-14-6-3-7-15-31)47-43(48-44)33-24-22-30(23-25-33)34-26-27-36-38(28-34)46-41(32-16-8-4-9-17-32)42-45(36,2)37-20-12-13-21-40(37)49-42/h3-28,39,42H,29H2,1-2H3,(H,47,48)/t39?,42?,44-,45?/m0/s1. The lowest BCUT2D eigenvalue weighted by Gasteiger charge is -2.39. The minimum absolute atomic E-state index is 0.0590. The summed E-state index contributed by atoms with van der Waals surface area (Å²) in [5.74, 6) is 0.928. The van der Waals surface area contributed by atoms with Crippen LogP contribution in [0.5, 0.6) is 0 Å². The topological polar surface area (TPSA) is 36.8 Å². The number of nitrogens with zero attached hydrogens (tertiary/aromatic N) is 2. The smallest absolute Gasteiger partial charge is 0.129 e. The van der Waals surface area contributed by atoms with E-state index >= 15 is 0 Å². The molecule has 3 heterocycles. The minimum Gasteiger partial charge on any atom is -0.361 e. The van der Waals surface area contributed by atoms with Crippen molar-refractivity contribution in [2.75, 3.05) is 0 Å². The lowest BCUT2D eigenvalue weighted by Crippen LogP contribution is -2.48. The van der Waals surface area contributed by atoms with Gasteiger partial charge in [0.25, 0.3) is 0 Å². The first kappa shape index (κ1) is 29.9. The number of rotatable bonds is 5. The summed E-state index contributed by atoms with van der Waals surface area (Å²) < 4.78 is 0. The second-order valence-electron chi connectivity index (χ2n) is 13.8. The molecule has 6 aromatic rings. The number of hydrogen-bond donors (Lipinski definition) is 1. The fraction of sp³-hybridized carbons (Fsp3) is 0.156. The van der Waals surface area contributed by atoms with Crippen molar-refractivity contribution in [2.24, 2.45) is 9.98 Å². The normalized spacial score (nSPS) is 23.7. The Balaban J connectivity index is 1.09. The molecule has 3 nitrogen and oxygen atoms in total. The number of thioether (sulfide) groups is 1. The van der Waals surface area contributed by atoms with Crippen molar-refractivity contribution in [1.82, 2.24) is 5.32 Å². The highest BCUT2D eigenvalue weighted by atomic mass is 32.2. The molecule has 9 rings (SSSR count). The van der Waals surface area contributed by atoms with E-state index in [-0.39, 0.29) is 22.2 Å². The maximum Gasteiger partial charge on any atom is 0.129 e. The zero-order valence-electron chi connectivity index (χ0n) is 27.7. The summed E-state index contributed by atoms with van der Waals surface area (Å²) in [5, 5.41) is 4.06. The largest absolute Gasteiger partial charge is 0.361 e. The van der Waals surface area contributed by atoms with Gasteiger partial charge in [0, 0.05) is 22.3 Å². The van der Waals surface area contributed by atoms with Crippen LogP contribution >= 0.6 is 11.8 Å². The highest BCUT2D eigenvalue weighted by Crippen LogP contribution is 2.58. The van der Waals surface area contributed by atoms with E-state index in [1.54, 1.807) is 0 Å². The SMILES string of the molecule is CC12c3ccc(-c4ccc(C5=NC(c6ccccc6)C[C@@](C)(c6ccccc6)N5)cc4)cc3N=C(c3ccccc3)C1Sc1ccccc12. The van der Waals surface area contributed by atoms with Crippen LogP contribution in [0.1, 0.15) is 59.7 Å². The van der Waals surface area contributed by atoms with E-state index in [1.165, 1.54) is 38.3 Å². The van der Waals surface area contributed by atoms with Crippen LogP contribution in [0.15, 0.2) is 173 Å². The van der Waals surface area contributed by atoms with E-state index in [1.807, 2.05) is 11.8 Å². The first-order chi connectivity index (χ1) is 24.0. The van der Waals surface area contributed by atoms with E-state index in [4.69, 9.17) is 9.98 Å². The van der Waals surface area contributed by atoms with Crippen LogP contribution < -0.4 is 5.32 Å². The summed E-state index contributed by atoms with van der Waals surface area (Å²) in [6.07, 6.45) is 0.881. The first-order valence-electron chi connectivity index (χ1n) is 17.1. The van der Waals surface area contributed by atoms with E-state index in [2.05, 4.69) is 177 Å². The van der Waals surface area contributed by atoms with Gasteiger partial charge in [0.15, 0.2) is 0 Å². The maximum atomic E-state index is 5.41. The van der Waals surface area contributed by atoms with Gasteiger partial charge in [-0.2, -0.15) is 0 Å². The number of nitrogens with one attached hydrogen (secondary N) is 1. The molecule has 0 amide bonds. The third kappa shape index (κ3) is 5.05. The Bertz CT molecular complexity index is 2230. The average molecular weight is 652 g/mol. The molecule has 0 saturated heterocycles. The molecule has 0 aromatic heterocycles. The lowest BCUT2D eigenvalue weighted by molar-refractivity contribution is 0.346. The second-order valence-corrected chi connectivity index (χ2v) is 14.9. The Kier molecular flexibility index (Phi) is 7.17. The summed E-state index contributed by atoms with van der Waals surface area (Å²) >= 11 is 1.95. The van der Waals surface area contributed by atoms with E-state index < -0.39 is 0 Å². The molecule has 0 spiro atoms. The van der Waals surface area contributed by atoms with Gasteiger partial charge in [-0.3, -0.25) is 9.98 Å². The molecule has 238 valence electrons. The van der Waals surface area contributed by atoms with Crippen molar-refractivity contribution in [3.05, 3.63) is 191 Å². The van der Waals surface area contributed by atoms with Gasteiger partial charge in [-0.25, -0.2) is 0 Å². The molecule has 0 radical (unpaired) electrons. The fourth-order valence-corrected chi connectivity index (χ4v) is 9.63. The van der Waals surface area contributed by atoms with Crippen LogP contribution in [-0.4, -0.2) is 16.8 Å². The van der Waals surface area contributed by atoms with Gasteiger partial charge in [-0.05, 0) is 64.9 Å². The Morgan fingerprint density at radius 2 is 1.24 bits per heavy atom. The van der Waals surface area contributed by atoms with Crippen LogP contribution in [0.2, 0.25) is 0 Å². The summed E-state index contributed by atoms with van der Waals surface area (Å²) in [5.41, 5.74) is 11.6. The van der Waals surface area contributed by atoms with Crippen LogP contribution in [0.4, 0.5) is 5.69 Å². The summed E-state index contributed by atoms with van der Waals surface area (Å²) in [7, 11) is 0. The zero-order chi connectivity index (χ0) is 33.0. The van der Waals surface area contributed by atoms with Gasteiger partial charge in [-0.15, -0.1) is 11.8 Å². The third-order valence-electron chi connectivity index (χ3n) is 10.7. The molecule has 0 aliphatic carbocycles. The molecule has 3 aliphatic rings. The van der Waals surface area contributed by atoms with Gasteiger partial charge < -0.3 is 5.32 Å². The number of aliphatic imine (C=N–C) groups is 2. The van der Waals surface area contributed by atoms with Crippen molar-refractivity contribution < 1.29 is 0 Å².